The molecule has 6 nitrogen and oxygen atoms in total. The molecular weight excluding hydrogens is 555 g/mol. The van der Waals surface area contributed by atoms with Crippen LogP contribution in [0.3, 0.4) is 0 Å². The number of hydrazone groups is 1. The number of imide groups is 1. The minimum absolute atomic E-state index is 0.130. The van der Waals surface area contributed by atoms with Crippen molar-refractivity contribution in [2.45, 2.75) is 26.4 Å². The lowest BCUT2D eigenvalue weighted by Gasteiger charge is -2.37. The minimum atomic E-state index is -0.287. The van der Waals surface area contributed by atoms with Gasteiger partial charge in [0, 0.05) is 15.6 Å². The molecule has 1 aliphatic heterocycles. The van der Waals surface area contributed by atoms with E-state index in [1.54, 1.807) is 24.3 Å². The molecule has 35 heavy (non-hydrogen) atoms. The van der Waals surface area contributed by atoms with Crippen LogP contribution in [0.25, 0.3) is 0 Å². The second-order valence-corrected chi connectivity index (χ2v) is 10.6. The first-order valence-corrected chi connectivity index (χ1v) is 13.1. The Bertz CT molecular complexity index is 1220. The Morgan fingerprint density at radius 2 is 1.74 bits per heavy atom. The van der Waals surface area contributed by atoms with Crippen LogP contribution in [0, 0.1) is 23.7 Å². The summed E-state index contributed by atoms with van der Waals surface area (Å²) in [4.78, 5) is 26.0. The summed E-state index contributed by atoms with van der Waals surface area (Å²) in [5, 5.41) is 6.41. The lowest BCUT2D eigenvalue weighted by atomic mass is 9.63. The molecule has 0 spiro atoms. The zero-order valence-electron chi connectivity index (χ0n) is 18.9. The molecule has 6 rings (SSSR count). The van der Waals surface area contributed by atoms with Gasteiger partial charge < -0.3 is 9.47 Å². The van der Waals surface area contributed by atoms with E-state index in [4.69, 9.17) is 32.7 Å². The Labute approximate surface area is 222 Å². The molecule has 2 fully saturated rings. The van der Waals surface area contributed by atoms with Crippen LogP contribution in [0.4, 0.5) is 0 Å². The van der Waals surface area contributed by atoms with Gasteiger partial charge in [-0.05, 0) is 77.4 Å². The highest BCUT2D eigenvalue weighted by Gasteiger charge is 2.56. The van der Waals surface area contributed by atoms with Gasteiger partial charge in [-0.25, -0.2) is 0 Å². The second-order valence-electron chi connectivity index (χ2n) is 8.86. The van der Waals surface area contributed by atoms with E-state index in [9.17, 15) is 9.59 Å². The molecule has 2 aromatic rings. The van der Waals surface area contributed by atoms with Gasteiger partial charge in [-0.15, -0.1) is 0 Å². The molecular formula is C26H23BrCl2N2O4. The van der Waals surface area contributed by atoms with Gasteiger partial charge in [-0.2, -0.15) is 10.1 Å². The molecule has 4 unspecified atom stereocenters. The van der Waals surface area contributed by atoms with Crippen molar-refractivity contribution >= 4 is 57.2 Å². The van der Waals surface area contributed by atoms with E-state index in [-0.39, 0.29) is 42.1 Å². The molecule has 0 radical (unpaired) electrons. The lowest BCUT2D eigenvalue weighted by Crippen LogP contribution is -2.38. The molecule has 1 heterocycles. The number of ether oxygens (including phenoxy) is 2. The van der Waals surface area contributed by atoms with E-state index >= 15 is 0 Å². The summed E-state index contributed by atoms with van der Waals surface area (Å²) < 4.78 is 12.5. The van der Waals surface area contributed by atoms with Crippen LogP contribution in [0.15, 0.2) is 52.1 Å². The third kappa shape index (κ3) is 4.61. The molecule has 4 atom stereocenters. The lowest BCUT2D eigenvalue weighted by molar-refractivity contribution is -0.140. The summed E-state index contributed by atoms with van der Waals surface area (Å²) in [6.45, 7) is 2.52. The van der Waals surface area contributed by atoms with Gasteiger partial charge in [-0.1, -0.05) is 41.4 Å². The van der Waals surface area contributed by atoms with Crippen LogP contribution in [-0.2, 0) is 16.2 Å². The largest absolute Gasteiger partial charge is 0.490 e. The first kappa shape index (κ1) is 24.3. The molecule has 2 amide bonds. The molecule has 0 N–H and O–H groups in total. The van der Waals surface area contributed by atoms with Gasteiger partial charge in [-0.3, -0.25) is 9.59 Å². The summed E-state index contributed by atoms with van der Waals surface area (Å²) in [5.74, 6) is 0.282. The van der Waals surface area contributed by atoms with E-state index in [0.29, 0.717) is 38.2 Å². The monoisotopic (exact) mass is 576 g/mol. The van der Waals surface area contributed by atoms with Crippen LogP contribution in [0.1, 0.15) is 30.9 Å². The van der Waals surface area contributed by atoms with Crippen molar-refractivity contribution in [3.63, 3.8) is 0 Å². The van der Waals surface area contributed by atoms with Gasteiger partial charge >= 0.3 is 0 Å². The Morgan fingerprint density at radius 1 is 1.06 bits per heavy atom. The van der Waals surface area contributed by atoms with Crippen LogP contribution < -0.4 is 9.47 Å². The first-order chi connectivity index (χ1) is 16.9. The zero-order valence-corrected chi connectivity index (χ0v) is 22.0. The topological polar surface area (TPSA) is 68.2 Å². The van der Waals surface area contributed by atoms with Crippen LogP contribution in [0.5, 0.6) is 11.5 Å². The van der Waals surface area contributed by atoms with E-state index in [1.807, 2.05) is 13.0 Å². The number of allylic oxidation sites excluding steroid dienone is 2. The maximum atomic E-state index is 13.0. The van der Waals surface area contributed by atoms with Gasteiger partial charge in [0.2, 0.25) is 0 Å². The molecule has 0 aromatic heterocycles. The van der Waals surface area contributed by atoms with E-state index in [1.165, 1.54) is 6.21 Å². The van der Waals surface area contributed by atoms with Crippen LogP contribution >= 0.6 is 39.1 Å². The van der Waals surface area contributed by atoms with Crippen molar-refractivity contribution in [3.8, 4) is 11.5 Å². The molecule has 2 aromatic carbocycles. The number of carbonyl (C=O) groups excluding carboxylic acids is 2. The van der Waals surface area contributed by atoms with E-state index in [2.05, 4.69) is 33.2 Å². The zero-order chi connectivity index (χ0) is 24.7. The van der Waals surface area contributed by atoms with Gasteiger partial charge in [0.1, 0.15) is 6.61 Å². The Kier molecular flexibility index (Phi) is 6.93. The van der Waals surface area contributed by atoms with E-state index in [0.717, 1.165) is 23.4 Å². The highest BCUT2D eigenvalue weighted by Crippen LogP contribution is 2.49. The van der Waals surface area contributed by atoms with Crippen molar-refractivity contribution in [1.29, 1.82) is 0 Å². The summed E-state index contributed by atoms with van der Waals surface area (Å²) >= 11 is 15.8. The molecule has 3 aliphatic carbocycles. The van der Waals surface area contributed by atoms with Gasteiger partial charge in [0.15, 0.2) is 11.5 Å². The number of carbonyl (C=O) groups is 2. The summed E-state index contributed by atoms with van der Waals surface area (Å²) in [6, 6.07) is 8.79. The maximum Gasteiger partial charge on any atom is 0.254 e. The number of rotatable bonds is 7. The molecule has 182 valence electrons. The van der Waals surface area contributed by atoms with Crippen molar-refractivity contribution in [3.05, 3.63) is 68.1 Å². The smallest absolute Gasteiger partial charge is 0.254 e. The molecule has 9 heteroatoms. The van der Waals surface area contributed by atoms with Crippen molar-refractivity contribution < 1.29 is 19.1 Å². The number of benzene rings is 2. The SMILES string of the molecule is CCOc1cc(/C=N/N2C(=O)C3C4C=CC(CC4)C3C2=O)cc(Br)c1OCc1ccc(Cl)cc1Cl. The van der Waals surface area contributed by atoms with Crippen LogP contribution in [0.2, 0.25) is 10.0 Å². The number of amides is 2. The first-order valence-electron chi connectivity index (χ1n) is 11.5. The predicted molar refractivity (Wildman–Crippen MR) is 138 cm³/mol. The molecule has 1 saturated heterocycles. The second kappa shape index (κ2) is 9.96. The third-order valence-corrected chi connectivity index (χ3v) is 7.95. The molecule has 2 bridgehead atoms. The van der Waals surface area contributed by atoms with E-state index < -0.39 is 0 Å². The minimum Gasteiger partial charge on any atom is -0.490 e. The molecule has 1 saturated carbocycles. The van der Waals surface area contributed by atoms with Crippen molar-refractivity contribution in [2.75, 3.05) is 6.61 Å². The summed E-state index contributed by atoms with van der Waals surface area (Å²) in [6.07, 6.45) is 7.60. The average Bonchev–Trinajstić information content (AvgIpc) is 3.11. The van der Waals surface area contributed by atoms with Crippen LogP contribution in [-0.4, -0.2) is 29.6 Å². The maximum absolute atomic E-state index is 13.0. The fourth-order valence-corrected chi connectivity index (χ4v) is 6.19. The number of nitrogens with zero attached hydrogens (tertiary/aromatic N) is 2. The quantitative estimate of drug-likeness (QED) is 0.221. The fraction of sp³-hybridized carbons (Fsp3) is 0.346. The normalized spacial score (nSPS) is 25.0. The van der Waals surface area contributed by atoms with Gasteiger partial charge in [0.05, 0.1) is 29.1 Å². The highest BCUT2D eigenvalue weighted by molar-refractivity contribution is 9.10. The average molecular weight is 578 g/mol. The third-order valence-electron chi connectivity index (χ3n) is 6.78. The number of fused-ring (bicyclic) bond motifs is 1. The fourth-order valence-electron chi connectivity index (χ4n) is 5.15. The van der Waals surface area contributed by atoms with Gasteiger partial charge in [0.25, 0.3) is 11.8 Å². The number of halogens is 3. The Hall–Kier alpha value is -2.35. The number of hydrogen-bond acceptors (Lipinski definition) is 5. The predicted octanol–water partition coefficient (Wildman–Crippen LogP) is 6.26. The Morgan fingerprint density at radius 3 is 2.34 bits per heavy atom. The Balaban J connectivity index is 1.36. The molecule has 4 aliphatic rings. The summed E-state index contributed by atoms with van der Waals surface area (Å²) in [5.41, 5.74) is 1.45. The van der Waals surface area contributed by atoms with Crippen molar-refractivity contribution in [1.82, 2.24) is 5.01 Å². The summed E-state index contributed by atoms with van der Waals surface area (Å²) in [7, 11) is 0. The standard InChI is InChI=1S/C26H23BrCl2N2O4/c1-2-34-21-10-14(9-19(27)24(21)35-13-17-7-8-18(28)11-20(17)29)12-30-31-25(32)22-15-3-4-16(6-5-15)23(22)26(31)33/h3-4,7-12,15-16,22-23H,2,5-6,13H2,1H3/b30-12+. The van der Waals surface area contributed by atoms with Crippen molar-refractivity contribution in [2.24, 2.45) is 28.8 Å². The number of hydrogen-bond donors (Lipinski definition) is 0. The highest BCUT2D eigenvalue weighted by atomic mass is 79.9.